The molecule has 11 heteroatoms. The molecule has 1 aliphatic rings. The Morgan fingerprint density at radius 3 is 2.64 bits per heavy atom. The molecule has 1 fully saturated rings. The number of likely N-dealkylation sites (tertiary alicyclic amines) is 1. The van der Waals surface area contributed by atoms with Gasteiger partial charge in [-0.1, -0.05) is 36.4 Å². The van der Waals surface area contributed by atoms with Crippen molar-refractivity contribution in [3.05, 3.63) is 78.0 Å². The summed E-state index contributed by atoms with van der Waals surface area (Å²) in [6.45, 7) is 6.27. The van der Waals surface area contributed by atoms with Crippen LogP contribution in [0, 0.1) is 0 Å². The van der Waals surface area contributed by atoms with Gasteiger partial charge in [0.2, 0.25) is 23.6 Å². The number of carbonyl (C=O) groups is 2. The third-order valence-corrected chi connectivity index (χ3v) is 6.70. The molecule has 3 aromatic rings. The molecule has 2 amide bonds. The van der Waals surface area contributed by atoms with Crippen LogP contribution < -0.4 is 20.9 Å². The molecular weight excluding hydrogens is 520 g/mol. The number of nitrogens with one attached hydrogen (secondary N) is 3. The van der Waals surface area contributed by atoms with Crippen LogP contribution in [0.3, 0.4) is 0 Å². The van der Waals surface area contributed by atoms with Crippen LogP contribution in [0.2, 0.25) is 5.02 Å². The minimum Gasteiger partial charge on any atom is -0.437 e. The number of ether oxygens (including phenoxy) is 1. The molecule has 0 atom stereocenters. The molecule has 0 saturated carbocycles. The Bertz CT molecular complexity index is 1300. The average Bonchev–Trinajstić information content (AvgIpc) is 2.95. The van der Waals surface area contributed by atoms with Crippen LogP contribution in [0.15, 0.2) is 67.4 Å². The smallest absolute Gasteiger partial charge is 0.247 e. The quantitative estimate of drug-likeness (QED) is 0.145. The molecule has 10 nitrogen and oxygen atoms in total. The Morgan fingerprint density at radius 2 is 1.92 bits per heavy atom. The van der Waals surface area contributed by atoms with Gasteiger partial charge in [0.1, 0.15) is 10.8 Å². The molecule has 0 bridgehead atoms. The average molecular weight is 551 g/mol. The van der Waals surface area contributed by atoms with Gasteiger partial charge in [-0.15, -0.1) is 0 Å². The van der Waals surface area contributed by atoms with Crippen molar-refractivity contribution < 1.29 is 19.5 Å². The standard InChI is InChI=1S/C28H31ClN6O4/c1-2-25(36)31-22-5-3-6-23(17-22)39-27-24(29)18-30-28(33-27)32-21-10-8-19(9-11-21)20-12-15-35(16-13-20)14-4-7-26(37)34-38/h2-3,5-6,8-11,17-18,20,38H,1,4,7,12-16H2,(H,31,36)(H,34,37)(H,30,32,33). The van der Waals surface area contributed by atoms with Gasteiger partial charge in [-0.3, -0.25) is 14.8 Å². The zero-order valence-corrected chi connectivity index (χ0v) is 22.2. The molecular formula is C28H31ClN6O4. The molecule has 1 aliphatic heterocycles. The molecule has 2 heterocycles. The van der Waals surface area contributed by atoms with Crippen LogP contribution in [-0.2, 0) is 9.59 Å². The topological polar surface area (TPSA) is 129 Å². The maximum atomic E-state index is 11.6. The number of hydrogen-bond donors (Lipinski definition) is 4. The highest BCUT2D eigenvalue weighted by Crippen LogP contribution is 2.31. The van der Waals surface area contributed by atoms with Crippen LogP contribution in [0.25, 0.3) is 0 Å². The number of aromatic nitrogens is 2. The van der Waals surface area contributed by atoms with E-state index in [1.807, 2.05) is 12.1 Å². The molecule has 0 radical (unpaired) electrons. The number of halogens is 1. The van der Waals surface area contributed by atoms with Gasteiger partial charge < -0.3 is 20.3 Å². The molecule has 2 aromatic carbocycles. The van der Waals surface area contributed by atoms with Gasteiger partial charge in [0, 0.05) is 23.9 Å². The number of amides is 2. The third-order valence-electron chi connectivity index (χ3n) is 6.44. The number of hydrogen-bond acceptors (Lipinski definition) is 8. The molecule has 39 heavy (non-hydrogen) atoms. The summed E-state index contributed by atoms with van der Waals surface area (Å²) in [5.41, 5.74) is 4.35. The van der Waals surface area contributed by atoms with Gasteiger partial charge >= 0.3 is 0 Å². The second-order valence-electron chi connectivity index (χ2n) is 9.17. The van der Waals surface area contributed by atoms with Crippen LogP contribution in [0.5, 0.6) is 11.6 Å². The van der Waals surface area contributed by atoms with E-state index in [4.69, 9.17) is 21.5 Å². The molecule has 204 valence electrons. The Hall–Kier alpha value is -3.99. The van der Waals surface area contributed by atoms with Gasteiger partial charge in [-0.25, -0.2) is 10.5 Å². The summed E-state index contributed by atoms with van der Waals surface area (Å²) in [6, 6.07) is 15.1. The first kappa shape index (κ1) is 28.0. The maximum absolute atomic E-state index is 11.6. The van der Waals surface area contributed by atoms with E-state index in [1.54, 1.807) is 29.7 Å². The highest BCUT2D eigenvalue weighted by atomic mass is 35.5. The van der Waals surface area contributed by atoms with Crippen LogP contribution >= 0.6 is 11.6 Å². The zero-order valence-electron chi connectivity index (χ0n) is 21.4. The summed E-state index contributed by atoms with van der Waals surface area (Å²) in [7, 11) is 0. The maximum Gasteiger partial charge on any atom is 0.247 e. The number of hydroxylamine groups is 1. The summed E-state index contributed by atoms with van der Waals surface area (Å²) >= 11 is 6.27. The lowest BCUT2D eigenvalue weighted by atomic mass is 9.89. The fraction of sp³-hybridized carbons (Fsp3) is 0.286. The molecule has 1 aromatic heterocycles. The Balaban J connectivity index is 1.32. The van der Waals surface area contributed by atoms with Crippen molar-refractivity contribution in [2.24, 2.45) is 0 Å². The molecule has 4 rings (SSSR count). The SMILES string of the molecule is C=CC(=O)Nc1cccc(Oc2nc(Nc3ccc(C4CCN(CCCC(=O)NO)CC4)cc3)ncc2Cl)c1. The fourth-order valence-electron chi connectivity index (χ4n) is 4.40. The van der Waals surface area contributed by atoms with E-state index in [9.17, 15) is 9.59 Å². The number of carbonyl (C=O) groups excluding carboxylic acids is 2. The predicted octanol–water partition coefficient (Wildman–Crippen LogP) is 5.26. The second kappa shape index (κ2) is 13.7. The molecule has 0 spiro atoms. The van der Waals surface area contributed by atoms with E-state index in [0.717, 1.165) is 44.6 Å². The Morgan fingerprint density at radius 1 is 1.15 bits per heavy atom. The van der Waals surface area contributed by atoms with Crippen molar-refractivity contribution in [2.45, 2.75) is 31.6 Å². The lowest BCUT2D eigenvalue weighted by molar-refractivity contribution is -0.129. The highest BCUT2D eigenvalue weighted by Gasteiger charge is 2.20. The predicted molar refractivity (Wildman–Crippen MR) is 150 cm³/mol. The normalized spacial score (nSPS) is 13.9. The summed E-state index contributed by atoms with van der Waals surface area (Å²) in [5.74, 6) is 0.789. The first-order chi connectivity index (χ1) is 18.9. The lowest BCUT2D eigenvalue weighted by Gasteiger charge is -2.32. The van der Waals surface area contributed by atoms with Gasteiger partial charge in [0.15, 0.2) is 0 Å². The van der Waals surface area contributed by atoms with Crippen molar-refractivity contribution in [1.82, 2.24) is 20.3 Å². The largest absolute Gasteiger partial charge is 0.437 e. The monoisotopic (exact) mass is 550 g/mol. The van der Waals surface area contributed by atoms with E-state index in [0.29, 0.717) is 29.7 Å². The highest BCUT2D eigenvalue weighted by molar-refractivity contribution is 6.31. The van der Waals surface area contributed by atoms with Crippen LogP contribution in [0.1, 0.15) is 37.2 Å². The lowest BCUT2D eigenvalue weighted by Crippen LogP contribution is -2.34. The second-order valence-corrected chi connectivity index (χ2v) is 9.58. The molecule has 4 N–H and O–H groups in total. The van der Waals surface area contributed by atoms with Gasteiger partial charge in [-0.2, -0.15) is 4.98 Å². The minimum absolute atomic E-state index is 0.182. The fourth-order valence-corrected chi connectivity index (χ4v) is 4.53. The Labute approximate surface area is 232 Å². The number of piperidine rings is 1. The first-order valence-corrected chi connectivity index (χ1v) is 13.1. The van der Waals surface area contributed by atoms with Gasteiger partial charge in [0.05, 0.1) is 6.20 Å². The third kappa shape index (κ3) is 8.25. The van der Waals surface area contributed by atoms with Gasteiger partial charge in [0.25, 0.3) is 0 Å². The first-order valence-electron chi connectivity index (χ1n) is 12.7. The summed E-state index contributed by atoms with van der Waals surface area (Å²) in [6.07, 6.45) is 5.83. The number of rotatable bonds is 11. The van der Waals surface area contributed by atoms with Crippen LogP contribution in [-0.4, -0.2) is 51.5 Å². The van der Waals surface area contributed by atoms with Crippen molar-refractivity contribution in [2.75, 3.05) is 30.3 Å². The van der Waals surface area contributed by atoms with E-state index >= 15 is 0 Å². The summed E-state index contributed by atoms with van der Waals surface area (Å²) < 4.78 is 5.86. The van der Waals surface area contributed by atoms with Crippen molar-refractivity contribution in [3.63, 3.8) is 0 Å². The van der Waals surface area contributed by atoms with E-state index in [1.165, 1.54) is 17.8 Å². The van der Waals surface area contributed by atoms with Gasteiger partial charge in [-0.05, 0) is 80.7 Å². The molecule has 0 unspecified atom stereocenters. The summed E-state index contributed by atoms with van der Waals surface area (Å²) in [4.78, 5) is 33.8. The van der Waals surface area contributed by atoms with E-state index in [2.05, 4.69) is 44.2 Å². The molecule has 1 saturated heterocycles. The Kier molecular flexibility index (Phi) is 9.85. The van der Waals surface area contributed by atoms with Crippen molar-refractivity contribution in [1.29, 1.82) is 0 Å². The number of benzene rings is 2. The minimum atomic E-state index is -0.340. The van der Waals surface area contributed by atoms with E-state index < -0.39 is 0 Å². The summed E-state index contributed by atoms with van der Waals surface area (Å²) in [5, 5.41) is 14.7. The van der Waals surface area contributed by atoms with Crippen molar-refractivity contribution >= 4 is 40.7 Å². The van der Waals surface area contributed by atoms with Crippen molar-refractivity contribution in [3.8, 4) is 11.6 Å². The number of anilines is 3. The van der Waals surface area contributed by atoms with Crippen LogP contribution in [0.4, 0.5) is 17.3 Å². The van der Waals surface area contributed by atoms with E-state index in [-0.39, 0.29) is 22.7 Å². The number of nitrogens with zero attached hydrogens (tertiary/aromatic N) is 3. The zero-order chi connectivity index (χ0) is 27.6. The molecule has 0 aliphatic carbocycles.